The average molecular weight is 418 g/mol. The maximum Gasteiger partial charge on any atom is 0.275 e. The molecule has 3 aromatic heterocycles. The molecule has 0 saturated carbocycles. The van der Waals surface area contributed by atoms with Gasteiger partial charge in [0.15, 0.2) is 5.65 Å². The molecule has 0 spiro atoms. The van der Waals surface area contributed by atoms with E-state index >= 15 is 0 Å². The normalized spacial score (nSPS) is 16.8. The van der Waals surface area contributed by atoms with Crippen molar-refractivity contribution in [1.29, 1.82) is 0 Å². The highest BCUT2D eigenvalue weighted by Gasteiger charge is 2.27. The van der Waals surface area contributed by atoms with Crippen LogP contribution in [0.5, 0.6) is 0 Å². The van der Waals surface area contributed by atoms with Crippen molar-refractivity contribution < 1.29 is 4.79 Å². The van der Waals surface area contributed by atoms with Crippen molar-refractivity contribution in [3.63, 3.8) is 0 Å². The molecule has 1 amide bonds. The SMILES string of the molecule is Cc1cc(=O)n2[nH]c(C3CCCN(C(=O)Cn4ncc5ccccc5c4=O)C3)cc2n1. The van der Waals surface area contributed by atoms with Gasteiger partial charge < -0.3 is 4.90 Å². The van der Waals surface area contributed by atoms with Crippen LogP contribution >= 0.6 is 0 Å². The van der Waals surface area contributed by atoms with Gasteiger partial charge in [-0.3, -0.25) is 19.5 Å². The lowest BCUT2D eigenvalue weighted by atomic mass is 9.95. The van der Waals surface area contributed by atoms with Crippen LogP contribution in [0.4, 0.5) is 0 Å². The summed E-state index contributed by atoms with van der Waals surface area (Å²) in [5.41, 5.74) is 1.71. The second-order valence-electron chi connectivity index (χ2n) is 8.01. The number of rotatable bonds is 3. The molecule has 1 unspecified atom stereocenters. The van der Waals surface area contributed by atoms with Gasteiger partial charge in [0.25, 0.3) is 11.1 Å². The first kappa shape index (κ1) is 19.2. The molecule has 0 radical (unpaired) electrons. The van der Waals surface area contributed by atoms with E-state index in [1.807, 2.05) is 18.2 Å². The molecule has 1 aliphatic heterocycles. The van der Waals surface area contributed by atoms with Gasteiger partial charge in [0.2, 0.25) is 5.91 Å². The van der Waals surface area contributed by atoms with Crippen LogP contribution in [0, 0.1) is 6.92 Å². The van der Waals surface area contributed by atoms with Gasteiger partial charge in [-0.05, 0) is 25.8 Å². The predicted octanol–water partition coefficient (Wildman–Crippen LogP) is 1.45. The lowest BCUT2D eigenvalue weighted by molar-refractivity contribution is -0.133. The molecule has 9 heteroatoms. The number of amides is 1. The van der Waals surface area contributed by atoms with Gasteiger partial charge in [0.05, 0.1) is 11.6 Å². The van der Waals surface area contributed by atoms with Crippen LogP contribution in [-0.4, -0.2) is 48.3 Å². The van der Waals surface area contributed by atoms with Crippen molar-refractivity contribution in [2.75, 3.05) is 13.1 Å². The molecule has 158 valence electrons. The average Bonchev–Trinajstić information content (AvgIpc) is 3.20. The van der Waals surface area contributed by atoms with Gasteiger partial charge in [-0.1, -0.05) is 18.2 Å². The van der Waals surface area contributed by atoms with Gasteiger partial charge >= 0.3 is 0 Å². The molecule has 1 fully saturated rings. The molecule has 5 rings (SSSR count). The lowest BCUT2D eigenvalue weighted by Gasteiger charge is -2.32. The lowest BCUT2D eigenvalue weighted by Crippen LogP contribution is -2.42. The zero-order valence-electron chi connectivity index (χ0n) is 17.1. The van der Waals surface area contributed by atoms with Crippen molar-refractivity contribution in [3.8, 4) is 0 Å². The second kappa shape index (κ2) is 7.50. The Kier molecular flexibility index (Phi) is 4.65. The number of aromatic nitrogens is 5. The molecule has 4 aromatic rings. The number of carbonyl (C=O) groups excluding carboxylic acids is 1. The molecular formula is C22H22N6O3. The Morgan fingerprint density at radius 2 is 2.06 bits per heavy atom. The number of H-pyrrole nitrogens is 1. The number of aromatic amines is 1. The summed E-state index contributed by atoms with van der Waals surface area (Å²) in [4.78, 5) is 44.0. The fraction of sp³-hybridized carbons (Fsp3) is 0.318. The summed E-state index contributed by atoms with van der Waals surface area (Å²) < 4.78 is 2.66. The Balaban J connectivity index is 1.36. The van der Waals surface area contributed by atoms with Gasteiger partial charge in [-0.15, -0.1) is 0 Å². The maximum absolute atomic E-state index is 13.0. The number of nitrogens with zero attached hydrogens (tertiary/aromatic N) is 5. The Bertz CT molecular complexity index is 1420. The number of aryl methyl sites for hydroxylation is 1. The van der Waals surface area contributed by atoms with Gasteiger partial charge in [0, 0.05) is 47.9 Å². The topological polar surface area (TPSA) is 105 Å². The predicted molar refractivity (Wildman–Crippen MR) is 115 cm³/mol. The van der Waals surface area contributed by atoms with Crippen LogP contribution in [0.25, 0.3) is 16.4 Å². The van der Waals surface area contributed by atoms with Gasteiger partial charge in [0.1, 0.15) is 6.54 Å². The number of fused-ring (bicyclic) bond motifs is 2. The molecule has 0 bridgehead atoms. The summed E-state index contributed by atoms with van der Waals surface area (Å²) in [5.74, 6) is -0.0720. The standard InChI is InChI=1S/C22H22N6O3/c1-14-9-20(29)28-19(24-14)10-18(25-28)16-6-4-8-26(12-16)21(30)13-27-22(31)17-7-3-2-5-15(17)11-23-27/h2-3,5,7,9-11,16,25H,4,6,8,12-13H2,1H3. The number of hydrogen-bond donors (Lipinski definition) is 1. The molecule has 31 heavy (non-hydrogen) atoms. The molecule has 1 N–H and O–H groups in total. The monoisotopic (exact) mass is 418 g/mol. The largest absolute Gasteiger partial charge is 0.340 e. The number of nitrogens with one attached hydrogen (secondary N) is 1. The fourth-order valence-electron chi connectivity index (χ4n) is 4.26. The minimum absolute atomic E-state index is 0.0698. The minimum atomic E-state index is -0.267. The van der Waals surface area contributed by atoms with Gasteiger partial charge in [-0.2, -0.15) is 5.10 Å². The van der Waals surface area contributed by atoms with E-state index < -0.39 is 0 Å². The number of carbonyl (C=O) groups is 1. The van der Waals surface area contributed by atoms with E-state index in [9.17, 15) is 14.4 Å². The van der Waals surface area contributed by atoms with E-state index in [0.717, 1.165) is 23.9 Å². The number of benzene rings is 1. The quantitative estimate of drug-likeness (QED) is 0.542. The third-order valence-electron chi connectivity index (χ3n) is 5.86. The van der Waals surface area contributed by atoms with Gasteiger partial charge in [-0.25, -0.2) is 14.2 Å². The summed E-state index contributed by atoms with van der Waals surface area (Å²) in [6.07, 6.45) is 3.35. The molecule has 1 aliphatic rings. The van der Waals surface area contributed by atoms with Crippen LogP contribution in [0.3, 0.4) is 0 Å². The summed E-state index contributed by atoms with van der Waals surface area (Å²) in [5, 5.41) is 8.61. The smallest absolute Gasteiger partial charge is 0.275 e. The Hall–Kier alpha value is -3.75. The molecule has 0 aliphatic carbocycles. The molecule has 1 atom stereocenters. The Morgan fingerprint density at radius 3 is 2.94 bits per heavy atom. The van der Waals surface area contributed by atoms with E-state index in [0.29, 0.717) is 29.8 Å². The molecule has 9 nitrogen and oxygen atoms in total. The number of likely N-dealkylation sites (tertiary alicyclic amines) is 1. The Labute approximate surface area is 176 Å². The molecule has 1 saturated heterocycles. The number of piperidine rings is 1. The summed E-state index contributed by atoms with van der Waals surface area (Å²) in [6, 6.07) is 10.6. The van der Waals surface area contributed by atoms with Crippen LogP contribution in [-0.2, 0) is 11.3 Å². The summed E-state index contributed by atoms with van der Waals surface area (Å²) >= 11 is 0. The highest BCUT2D eigenvalue weighted by atomic mass is 16.2. The second-order valence-corrected chi connectivity index (χ2v) is 8.01. The first-order valence-electron chi connectivity index (χ1n) is 10.3. The molecule has 1 aromatic carbocycles. The summed E-state index contributed by atoms with van der Waals surface area (Å²) in [6.45, 7) is 2.85. The first-order chi connectivity index (χ1) is 15.0. The minimum Gasteiger partial charge on any atom is -0.340 e. The highest BCUT2D eigenvalue weighted by Crippen LogP contribution is 2.26. The van der Waals surface area contributed by atoms with E-state index in [1.54, 1.807) is 30.2 Å². The summed E-state index contributed by atoms with van der Waals surface area (Å²) in [7, 11) is 0. The van der Waals surface area contributed by atoms with Crippen molar-refractivity contribution in [1.82, 2.24) is 29.3 Å². The first-order valence-corrected chi connectivity index (χ1v) is 10.3. The number of hydrogen-bond acceptors (Lipinski definition) is 5. The van der Waals surface area contributed by atoms with Crippen molar-refractivity contribution >= 4 is 22.3 Å². The molecular weight excluding hydrogens is 396 g/mol. The van der Waals surface area contributed by atoms with Crippen LogP contribution in [0.15, 0.2) is 52.2 Å². The van der Waals surface area contributed by atoms with Crippen LogP contribution < -0.4 is 11.1 Å². The van der Waals surface area contributed by atoms with Crippen LogP contribution in [0.2, 0.25) is 0 Å². The third kappa shape index (κ3) is 3.52. The zero-order valence-corrected chi connectivity index (χ0v) is 17.1. The van der Waals surface area contributed by atoms with E-state index in [2.05, 4.69) is 15.2 Å². The van der Waals surface area contributed by atoms with E-state index in [4.69, 9.17) is 0 Å². The molecule has 4 heterocycles. The third-order valence-corrected chi connectivity index (χ3v) is 5.86. The van der Waals surface area contributed by atoms with Crippen molar-refractivity contribution in [3.05, 3.63) is 74.7 Å². The highest BCUT2D eigenvalue weighted by molar-refractivity contribution is 5.81. The van der Waals surface area contributed by atoms with E-state index in [1.165, 1.54) is 15.3 Å². The van der Waals surface area contributed by atoms with Crippen molar-refractivity contribution in [2.24, 2.45) is 0 Å². The fourth-order valence-corrected chi connectivity index (χ4v) is 4.26. The maximum atomic E-state index is 13.0. The zero-order chi connectivity index (χ0) is 21.5. The van der Waals surface area contributed by atoms with E-state index in [-0.39, 0.29) is 29.5 Å². The van der Waals surface area contributed by atoms with Crippen LogP contribution in [0.1, 0.15) is 30.1 Å². The Morgan fingerprint density at radius 1 is 1.23 bits per heavy atom. The van der Waals surface area contributed by atoms with Crippen molar-refractivity contribution in [2.45, 2.75) is 32.2 Å².